The number of carboxylic acid groups (broad SMARTS) is 1. The molecular weight excluding hydrogens is 766 g/mol. The highest BCUT2D eigenvalue weighted by molar-refractivity contribution is 5.85. The van der Waals surface area contributed by atoms with Gasteiger partial charge in [0, 0.05) is 51.6 Å². The van der Waals surface area contributed by atoms with E-state index in [0.29, 0.717) is 63.4 Å². The standard InChI is InChI=1S/C22H26FN3O2.C14H16FN3.C8H12O3.ClH/c1-15-20-10-11-25(22(28)12-16-4-8-19(27)9-5-16)14-21(20)26(24-15)13-17-2-6-18(23)7-3-17;1-10-13-6-7-16-8-14(13)18(17-10)9-11-2-4-12(15)5-3-11;9-7-3-1-6(2-4-7)5-8(10)11;/h2-3,6-7,16H,4-5,8-14H2,1H3;2-5,16H,6-9H2,1H3;6H,1-5H2,(H,10,11);1H. The lowest BCUT2D eigenvalue weighted by atomic mass is 9.86. The lowest BCUT2D eigenvalue weighted by molar-refractivity contribution is -0.139. The number of nitrogens with one attached hydrogen (secondary N) is 1. The van der Waals surface area contributed by atoms with Crippen molar-refractivity contribution in [3.05, 3.63) is 105 Å². The number of carbonyl (C=O) groups excluding carboxylic acids is 3. The van der Waals surface area contributed by atoms with Crippen LogP contribution in [0.1, 0.15) is 109 Å². The number of carbonyl (C=O) groups is 4. The molecule has 312 valence electrons. The van der Waals surface area contributed by atoms with Crippen LogP contribution in [-0.2, 0) is 58.2 Å². The molecule has 2 saturated carbocycles. The normalized spacial score (nSPS) is 16.9. The van der Waals surface area contributed by atoms with E-state index in [1.165, 1.54) is 41.1 Å². The maximum absolute atomic E-state index is 13.2. The summed E-state index contributed by atoms with van der Waals surface area (Å²) in [4.78, 5) is 47.2. The molecule has 8 rings (SSSR count). The van der Waals surface area contributed by atoms with Gasteiger partial charge in [-0.2, -0.15) is 10.2 Å². The van der Waals surface area contributed by atoms with E-state index in [1.807, 2.05) is 33.3 Å². The zero-order chi connectivity index (χ0) is 40.5. The van der Waals surface area contributed by atoms with E-state index < -0.39 is 5.97 Å². The van der Waals surface area contributed by atoms with Crippen molar-refractivity contribution in [2.45, 2.75) is 117 Å². The maximum atomic E-state index is 13.2. The number of hydrogen-bond donors (Lipinski definition) is 2. The molecule has 4 aliphatic rings. The van der Waals surface area contributed by atoms with Crippen molar-refractivity contribution in [1.82, 2.24) is 29.8 Å². The second-order valence-electron chi connectivity index (χ2n) is 15.8. The number of nitrogens with zero attached hydrogens (tertiary/aromatic N) is 5. The van der Waals surface area contributed by atoms with E-state index in [9.17, 15) is 28.0 Å². The van der Waals surface area contributed by atoms with Crippen LogP contribution in [0.2, 0.25) is 0 Å². The monoisotopic (exact) mass is 820 g/mol. The van der Waals surface area contributed by atoms with Gasteiger partial charge in [0.25, 0.3) is 0 Å². The van der Waals surface area contributed by atoms with Gasteiger partial charge >= 0.3 is 5.97 Å². The minimum Gasteiger partial charge on any atom is -0.481 e. The summed E-state index contributed by atoms with van der Waals surface area (Å²) in [7, 11) is 0. The van der Waals surface area contributed by atoms with Gasteiger partial charge in [-0.25, -0.2) is 8.78 Å². The SMILES string of the molecule is Cc1nn(Cc2ccc(F)cc2)c2c1CCN(C(=O)CC1CCC(=O)CC1)C2.Cc1nn(Cc2ccc(F)cc2)c2c1CCNC2.Cl.O=C(O)CC1CCC(=O)CC1. The zero-order valence-electron chi connectivity index (χ0n) is 33.5. The molecule has 14 heteroatoms. The van der Waals surface area contributed by atoms with Crippen molar-refractivity contribution in [1.29, 1.82) is 0 Å². The predicted molar refractivity (Wildman–Crippen MR) is 218 cm³/mol. The van der Waals surface area contributed by atoms with Crippen LogP contribution in [0.5, 0.6) is 0 Å². The van der Waals surface area contributed by atoms with Gasteiger partial charge in [-0.05, 0) is 117 Å². The molecule has 2 aromatic heterocycles. The number of aliphatic carboxylic acids is 1. The second kappa shape index (κ2) is 20.8. The molecule has 11 nitrogen and oxygen atoms in total. The summed E-state index contributed by atoms with van der Waals surface area (Å²) in [5.41, 5.74) is 9.14. The first-order valence-corrected chi connectivity index (χ1v) is 20.2. The molecule has 1 amide bonds. The molecule has 4 aromatic rings. The number of aryl methyl sites for hydroxylation is 2. The van der Waals surface area contributed by atoms with Crippen LogP contribution >= 0.6 is 12.4 Å². The smallest absolute Gasteiger partial charge is 0.303 e. The van der Waals surface area contributed by atoms with Crippen LogP contribution in [0.4, 0.5) is 8.78 Å². The van der Waals surface area contributed by atoms with Crippen LogP contribution in [0.15, 0.2) is 48.5 Å². The molecule has 0 bridgehead atoms. The predicted octanol–water partition coefficient (Wildman–Crippen LogP) is 7.08. The summed E-state index contributed by atoms with van der Waals surface area (Å²) >= 11 is 0. The Labute approximate surface area is 345 Å². The minimum absolute atomic E-state index is 0. The highest BCUT2D eigenvalue weighted by Gasteiger charge is 2.29. The first kappa shape index (κ1) is 44.4. The Morgan fingerprint density at radius 2 is 1.17 bits per heavy atom. The topological polar surface area (TPSA) is 139 Å². The Balaban J connectivity index is 0.000000183. The van der Waals surface area contributed by atoms with Crippen LogP contribution in [0.3, 0.4) is 0 Å². The third-order valence-corrected chi connectivity index (χ3v) is 11.6. The average molecular weight is 821 g/mol. The molecule has 0 spiro atoms. The molecule has 2 fully saturated rings. The maximum Gasteiger partial charge on any atom is 0.303 e. The zero-order valence-corrected chi connectivity index (χ0v) is 34.3. The lowest BCUT2D eigenvalue weighted by Gasteiger charge is -2.30. The summed E-state index contributed by atoms with van der Waals surface area (Å²) < 4.78 is 30.0. The van der Waals surface area contributed by atoms with Crippen molar-refractivity contribution >= 4 is 35.9 Å². The Kier molecular flexibility index (Phi) is 15.9. The van der Waals surface area contributed by atoms with Crippen molar-refractivity contribution in [2.24, 2.45) is 11.8 Å². The molecular formula is C44H55ClF2N6O5. The van der Waals surface area contributed by atoms with Crippen LogP contribution in [0, 0.1) is 37.3 Å². The first-order chi connectivity index (χ1) is 27.4. The number of ketones is 2. The van der Waals surface area contributed by atoms with E-state index in [0.717, 1.165) is 86.4 Å². The second-order valence-corrected chi connectivity index (χ2v) is 15.8. The summed E-state index contributed by atoms with van der Waals surface area (Å²) in [5.74, 6) is 0.171. The third-order valence-electron chi connectivity index (χ3n) is 11.6. The number of benzene rings is 2. The highest BCUT2D eigenvalue weighted by Crippen LogP contribution is 2.28. The quantitative estimate of drug-likeness (QED) is 0.192. The summed E-state index contributed by atoms with van der Waals surface area (Å²) in [6, 6.07) is 13.1. The van der Waals surface area contributed by atoms with Gasteiger partial charge < -0.3 is 15.3 Å². The van der Waals surface area contributed by atoms with Crippen LogP contribution < -0.4 is 5.32 Å². The lowest BCUT2D eigenvalue weighted by Crippen LogP contribution is -2.38. The number of carboxylic acids is 1. The summed E-state index contributed by atoms with van der Waals surface area (Å²) in [6.45, 7) is 8.54. The van der Waals surface area contributed by atoms with Gasteiger partial charge in [0.15, 0.2) is 0 Å². The molecule has 4 heterocycles. The van der Waals surface area contributed by atoms with Crippen molar-refractivity contribution in [2.75, 3.05) is 13.1 Å². The third kappa shape index (κ3) is 12.1. The van der Waals surface area contributed by atoms with Crippen LogP contribution in [0.25, 0.3) is 0 Å². The van der Waals surface area contributed by atoms with Gasteiger partial charge in [0.2, 0.25) is 5.91 Å². The Morgan fingerprint density at radius 3 is 1.67 bits per heavy atom. The van der Waals surface area contributed by atoms with Gasteiger partial charge in [-0.3, -0.25) is 28.5 Å². The molecule has 2 aliphatic carbocycles. The summed E-state index contributed by atoms with van der Waals surface area (Å²) in [6.07, 6.45) is 8.24. The molecule has 0 saturated heterocycles. The van der Waals surface area contributed by atoms with Crippen LogP contribution in [-0.4, -0.2) is 66.1 Å². The molecule has 58 heavy (non-hydrogen) atoms. The Morgan fingerprint density at radius 1 is 0.707 bits per heavy atom. The number of fused-ring (bicyclic) bond motifs is 2. The fourth-order valence-electron chi connectivity index (χ4n) is 8.32. The number of hydrogen-bond acceptors (Lipinski definition) is 7. The molecule has 2 N–H and O–H groups in total. The number of aromatic nitrogens is 4. The van der Waals surface area contributed by atoms with Crippen molar-refractivity contribution in [3.8, 4) is 0 Å². The summed E-state index contributed by atoms with van der Waals surface area (Å²) in [5, 5.41) is 21.1. The molecule has 2 aromatic carbocycles. The Hall–Kier alpha value is -4.75. The van der Waals surface area contributed by atoms with E-state index in [4.69, 9.17) is 5.11 Å². The molecule has 0 atom stereocenters. The molecule has 2 aliphatic heterocycles. The first-order valence-electron chi connectivity index (χ1n) is 20.2. The van der Waals surface area contributed by atoms with Gasteiger partial charge in [-0.1, -0.05) is 24.3 Å². The van der Waals surface area contributed by atoms with E-state index in [-0.39, 0.29) is 48.1 Å². The van der Waals surface area contributed by atoms with E-state index in [1.54, 1.807) is 12.1 Å². The minimum atomic E-state index is -0.746. The average Bonchev–Trinajstić information content (AvgIpc) is 3.69. The van der Waals surface area contributed by atoms with Crippen molar-refractivity contribution < 1.29 is 33.1 Å². The van der Waals surface area contributed by atoms with Crippen molar-refractivity contribution in [3.63, 3.8) is 0 Å². The Bertz CT molecular complexity index is 2030. The van der Waals surface area contributed by atoms with E-state index >= 15 is 0 Å². The van der Waals surface area contributed by atoms with E-state index in [2.05, 4.69) is 22.4 Å². The number of halogens is 3. The fraction of sp³-hybridized carbons (Fsp3) is 0.500. The van der Waals surface area contributed by atoms with Gasteiger partial charge in [-0.15, -0.1) is 12.4 Å². The number of amides is 1. The fourth-order valence-corrected chi connectivity index (χ4v) is 8.32. The molecule has 0 unspecified atom stereocenters. The number of rotatable bonds is 8. The highest BCUT2D eigenvalue weighted by atomic mass is 35.5. The largest absolute Gasteiger partial charge is 0.481 e. The van der Waals surface area contributed by atoms with Gasteiger partial charge in [0.1, 0.15) is 23.2 Å². The number of Topliss-reactive ketones (excluding diaryl/α,β-unsaturated/α-hetero) is 2. The molecule has 0 radical (unpaired) electrons. The van der Waals surface area contributed by atoms with Gasteiger partial charge in [0.05, 0.1) is 42.4 Å².